The summed E-state index contributed by atoms with van der Waals surface area (Å²) < 4.78 is 15.6. The lowest BCUT2D eigenvalue weighted by molar-refractivity contribution is 0.479. The molecule has 0 spiro atoms. The van der Waals surface area contributed by atoms with Gasteiger partial charge in [-0.1, -0.05) is 5.21 Å². The van der Waals surface area contributed by atoms with Crippen molar-refractivity contribution in [3.63, 3.8) is 0 Å². The van der Waals surface area contributed by atoms with Crippen LogP contribution in [0.1, 0.15) is 23.9 Å². The van der Waals surface area contributed by atoms with Crippen LogP contribution in [0.5, 0.6) is 0 Å². The fraction of sp³-hybridized carbons (Fsp3) is 0.353. The zero-order valence-corrected chi connectivity index (χ0v) is 13.5. The Kier molecular flexibility index (Phi) is 3.65. The van der Waals surface area contributed by atoms with Gasteiger partial charge in [0.1, 0.15) is 5.82 Å². The molecule has 4 rings (SSSR count). The Balaban J connectivity index is 1.67. The highest BCUT2D eigenvalue weighted by atomic mass is 19.1. The molecule has 0 aliphatic carbocycles. The van der Waals surface area contributed by atoms with Crippen LogP contribution < -0.4 is 10.6 Å². The summed E-state index contributed by atoms with van der Waals surface area (Å²) in [6.45, 7) is 4.05. The van der Waals surface area contributed by atoms with Crippen molar-refractivity contribution in [3.8, 4) is 0 Å². The molecule has 24 heavy (non-hydrogen) atoms. The second-order valence-corrected chi connectivity index (χ2v) is 6.23. The Morgan fingerprint density at radius 2 is 2.21 bits per heavy atom. The lowest BCUT2D eigenvalue weighted by Gasteiger charge is -2.21. The minimum Gasteiger partial charge on any atom is -0.369 e. The molecule has 1 aromatic carbocycles. The lowest BCUT2D eigenvalue weighted by atomic mass is 10.1. The number of nitrogens with two attached hydrogens (primary N) is 1. The highest BCUT2D eigenvalue weighted by Gasteiger charge is 2.26. The molecule has 1 aliphatic rings. The van der Waals surface area contributed by atoms with Gasteiger partial charge in [-0.3, -0.25) is 4.98 Å². The van der Waals surface area contributed by atoms with E-state index in [9.17, 15) is 4.39 Å². The second-order valence-electron chi connectivity index (χ2n) is 6.23. The third kappa shape index (κ3) is 2.60. The predicted octanol–water partition coefficient (Wildman–Crippen LogP) is 2.18. The van der Waals surface area contributed by atoms with E-state index in [4.69, 9.17) is 5.73 Å². The minimum atomic E-state index is -0.242. The Morgan fingerprint density at radius 3 is 3.00 bits per heavy atom. The van der Waals surface area contributed by atoms with E-state index in [1.807, 2.05) is 23.9 Å². The third-order valence-corrected chi connectivity index (χ3v) is 4.52. The van der Waals surface area contributed by atoms with Gasteiger partial charge in [0.05, 0.1) is 23.4 Å². The number of halogens is 1. The number of pyridine rings is 1. The summed E-state index contributed by atoms with van der Waals surface area (Å²) in [5.74, 6) is -0.242. The average Bonchev–Trinajstić information content (AvgIpc) is 3.23. The maximum absolute atomic E-state index is 13.7. The van der Waals surface area contributed by atoms with E-state index in [0.29, 0.717) is 6.54 Å². The predicted molar refractivity (Wildman–Crippen MR) is 90.2 cm³/mol. The quantitative estimate of drug-likeness (QED) is 0.799. The summed E-state index contributed by atoms with van der Waals surface area (Å²) in [5, 5.41) is 9.09. The van der Waals surface area contributed by atoms with Crippen LogP contribution in [-0.2, 0) is 6.54 Å². The van der Waals surface area contributed by atoms with Gasteiger partial charge in [-0.15, -0.1) is 5.10 Å². The molecule has 3 heterocycles. The van der Waals surface area contributed by atoms with Gasteiger partial charge in [-0.2, -0.15) is 0 Å². The van der Waals surface area contributed by atoms with E-state index in [2.05, 4.69) is 20.2 Å². The van der Waals surface area contributed by atoms with Gasteiger partial charge in [-0.25, -0.2) is 9.07 Å². The molecule has 6 nitrogen and oxygen atoms in total. The molecular weight excluding hydrogens is 307 g/mol. The molecule has 3 aromatic rings. The fourth-order valence-electron chi connectivity index (χ4n) is 3.33. The van der Waals surface area contributed by atoms with Crippen LogP contribution in [0.15, 0.2) is 30.5 Å². The van der Waals surface area contributed by atoms with Crippen molar-refractivity contribution >= 4 is 16.6 Å². The standard InChI is InChI=1S/C17H19FN6/c1-11-6-17(15-7-12(18)2-3-16(15)20-11)23-5-4-14(10-23)24-9-13(8-19)21-22-24/h2-3,6-7,9,14H,4-5,8,10,19H2,1H3. The van der Waals surface area contributed by atoms with E-state index in [-0.39, 0.29) is 11.9 Å². The molecule has 1 fully saturated rings. The van der Waals surface area contributed by atoms with Crippen molar-refractivity contribution < 1.29 is 4.39 Å². The normalized spacial score (nSPS) is 17.8. The van der Waals surface area contributed by atoms with Gasteiger partial charge in [0.25, 0.3) is 0 Å². The summed E-state index contributed by atoms with van der Waals surface area (Å²) in [6, 6.07) is 7.02. The number of hydrogen-bond acceptors (Lipinski definition) is 5. The van der Waals surface area contributed by atoms with Gasteiger partial charge in [0.2, 0.25) is 0 Å². The topological polar surface area (TPSA) is 72.9 Å². The molecule has 2 aromatic heterocycles. The number of anilines is 1. The van der Waals surface area contributed by atoms with Crippen molar-refractivity contribution in [2.24, 2.45) is 5.73 Å². The number of nitrogens with zero attached hydrogens (tertiary/aromatic N) is 5. The number of aromatic nitrogens is 4. The van der Waals surface area contributed by atoms with Crippen LogP contribution in [0.4, 0.5) is 10.1 Å². The van der Waals surface area contributed by atoms with Crippen LogP contribution in [-0.4, -0.2) is 33.1 Å². The van der Waals surface area contributed by atoms with E-state index < -0.39 is 0 Å². The van der Waals surface area contributed by atoms with Crippen LogP contribution in [0.3, 0.4) is 0 Å². The molecule has 2 N–H and O–H groups in total. The molecule has 1 saturated heterocycles. The smallest absolute Gasteiger partial charge is 0.124 e. The van der Waals surface area contributed by atoms with Gasteiger partial charge >= 0.3 is 0 Å². The van der Waals surface area contributed by atoms with E-state index in [1.54, 1.807) is 12.1 Å². The maximum atomic E-state index is 13.7. The SMILES string of the molecule is Cc1cc(N2CCC(n3cc(CN)nn3)C2)c2cc(F)ccc2n1. The van der Waals surface area contributed by atoms with Crippen molar-refractivity contribution in [3.05, 3.63) is 47.7 Å². The van der Waals surface area contributed by atoms with Crippen LogP contribution in [0, 0.1) is 12.7 Å². The molecule has 0 saturated carbocycles. The number of rotatable bonds is 3. The Hall–Kier alpha value is -2.54. The molecule has 0 radical (unpaired) electrons. The molecule has 1 atom stereocenters. The molecule has 1 unspecified atom stereocenters. The largest absolute Gasteiger partial charge is 0.369 e. The number of hydrogen-bond donors (Lipinski definition) is 1. The monoisotopic (exact) mass is 326 g/mol. The molecule has 0 bridgehead atoms. The maximum Gasteiger partial charge on any atom is 0.124 e. The number of aryl methyl sites for hydroxylation is 1. The van der Waals surface area contributed by atoms with Crippen molar-refractivity contribution in [1.29, 1.82) is 0 Å². The minimum absolute atomic E-state index is 0.242. The van der Waals surface area contributed by atoms with E-state index in [0.717, 1.165) is 47.5 Å². The van der Waals surface area contributed by atoms with E-state index >= 15 is 0 Å². The molecule has 124 valence electrons. The zero-order valence-electron chi connectivity index (χ0n) is 13.5. The average molecular weight is 326 g/mol. The third-order valence-electron chi connectivity index (χ3n) is 4.52. The van der Waals surface area contributed by atoms with Gasteiger partial charge < -0.3 is 10.6 Å². The highest BCUT2D eigenvalue weighted by molar-refractivity contribution is 5.92. The first-order valence-corrected chi connectivity index (χ1v) is 8.06. The van der Waals surface area contributed by atoms with Crippen LogP contribution >= 0.6 is 0 Å². The highest BCUT2D eigenvalue weighted by Crippen LogP contribution is 2.32. The van der Waals surface area contributed by atoms with Crippen molar-refractivity contribution in [2.75, 3.05) is 18.0 Å². The summed E-state index contributed by atoms with van der Waals surface area (Å²) in [4.78, 5) is 6.77. The lowest BCUT2D eigenvalue weighted by Crippen LogP contribution is -2.21. The first kappa shape index (κ1) is 15.0. The molecule has 7 heteroatoms. The second kappa shape index (κ2) is 5.83. The molecule has 1 aliphatic heterocycles. The van der Waals surface area contributed by atoms with Crippen LogP contribution in [0.25, 0.3) is 10.9 Å². The zero-order chi connectivity index (χ0) is 16.7. The Labute approximate surface area is 139 Å². The summed E-state index contributed by atoms with van der Waals surface area (Å²) in [5.41, 5.74) is 9.17. The van der Waals surface area contributed by atoms with E-state index in [1.165, 1.54) is 6.07 Å². The Bertz CT molecular complexity index is 890. The van der Waals surface area contributed by atoms with Gasteiger partial charge in [0.15, 0.2) is 0 Å². The summed E-state index contributed by atoms with van der Waals surface area (Å²) in [6.07, 6.45) is 2.87. The number of fused-ring (bicyclic) bond motifs is 1. The van der Waals surface area contributed by atoms with Crippen LogP contribution in [0.2, 0.25) is 0 Å². The van der Waals surface area contributed by atoms with Crippen molar-refractivity contribution in [1.82, 2.24) is 20.0 Å². The number of benzene rings is 1. The first-order valence-electron chi connectivity index (χ1n) is 8.06. The first-order chi connectivity index (χ1) is 11.6. The molecule has 0 amide bonds. The molecular formula is C17H19FN6. The summed E-state index contributed by atoms with van der Waals surface area (Å²) >= 11 is 0. The Morgan fingerprint density at radius 1 is 1.33 bits per heavy atom. The van der Waals surface area contributed by atoms with Crippen molar-refractivity contribution in [2.45, 2.75) is 25.9 Å². The van der Waals surface area contributed by atoms with Gasteiger partial charge in [0, 0.05) is 36.4 Å². The summed E-state index contributed by atoms with van der Waals surface area (Å²) in [7, 11) is 0. The van der Waals surface area contributed by atoms with Gasteiger partial charge in [-0.05, 0) is 37.6 Å². The fourth-order valence-corrected chi connectivity index (χ4v) is 3.33.